The molecule has 0 bridgehead atoms. The average molecular weight is 254 g/mol. The topological polar surface area (TPSA) is 43.4 Å². The van der Waals surface area contributed by atoms with Crippen molar-refractivity contribution in [3.8, 4) is 0 Å². The Balaban J connectivity index is 2.36. The summed E-state index contributed by atoms with van der Waals surface area (Å²) in [5.41, 5.74) is 0. The van der Waals surface area contributed by atoms with Gasteiger partial charge in [0.15, 0.2) is 0 Å². The summed E-state index contributed by atoms with van der Waals surface area (Å²) in [7, 11) is 0. The van der Waals surface area contributed by atoms with Crippen molar-refractivity contribution in [1.29, 1.82) is 0 Å². The molecule has 0 aliphatic carbocycles. The molecule has 3 heteroatoms. The number of cyclic esters (lactones) is 1. The molecule has 0 aromatic carbocycles. The van der Waals surface area contributed by atoms with Crippen LogP contribution in [0.5, 0.6) is 0 Å². The van der Waals surface area contributed by atoms with Crippen LogP contribution in [0.1, 0.15) is 77.6 Å². The van der Waals surface area contributed by atoms with Gasteiger partial charge in [-0.3, -0.25) is 9.59 Å². The lowest BCUT2D eigenvalue weighted by Gasteiger charge is -2.12. The Morgan fingerprint density at radius 1 is 0.833 bits per heavy atom. The van der Waals surface area contributed by atoms with Crippen LogP contribution in [-0.4, -0.2) is 17.9 Å². The standard InChI is InChI=1S/C15H26O3/c1-13-12-14(16)10-8-6-4-2-3-5-7-9-11-15(17)18-13/h13H,2-12H2,1H3. The quantitative estimate of drug-likeness (QED) is 0.618. The van der Waals surface area contributed by atoms with E-state index < -0.39 is 0 Å². The number of carbonyl (C=O) groups is 2. The third-order valence-electron chi connectivity index (χ3n) is 3.43. The number of ketones is 1. The third kappa shape index (κ3) is 7.46. The van der Waals surface area contributed by atoms with Crippen molar-refractivity contribution in [1.82, 2.24) is 0 Å². The highest BCUT2D eigenvalue weighted by atomic mass is 16.5. The predicted molar refractivity (Wildman–Crippen MR) is 71.3 cm³/mol. The molecule has 1 heterocycles. The zero-order valence-corrected chi connectivity index (χ0v) is 11.6. The van der Waals surface area contributed by atoms with Gasteiger partial charge >= 0.3 is 5.97 Å². The van der Waals surface area contributed by atoms with Gasteiger partial charge in [-0.15, -0.1) is 0 Å². The van der Waals surface area contributed by atoms with Crippen molar-refractivity contribution in [3.05, 3.63) is 0 Å². The summed E-state index contributed by atoms with van der Waals surface area (Å²) in [5, 5.41) is 0. The number of ether oxygens (including phenoxy) is 1. The maximum absolute atomic E-state index is 11.6. The zero-order chi connectivity index (χ0) is 13.2. The van der Waals surface area contributed by atoms with Gasteiger partial charge < -0.3 is 4.74 Å². The Hall–Kier alpha value is -0.860. The van der Waals surface area contributed by atoms with E-state index in [1.54, 1.807) is 0 Å². The molecular weight excluding hydrogens is 228 g/mol. The molecule has 0 amide bonds. The molecule has 18 heavy (non-hydrogen) atoms. The Morgan fingerprint density at radius 3 is 1.94 bits per heavy atom. The summed E-state index contributed by atoms with van der Waals surface area (Å²) in [5.74, 6) is 0.0790. The smallest absolute Gasteiger partial charge is 0.306 e. The molecular formula is C15H26O3. The second-order valence-electron chi connectivity index (χ2n) is 5.37. The Bertz CT molecular complexity index is 234. The molecule has 0 aromatic rings. The number of rotatable bonds is 0. The van der Waals surface area contributed by atoms with Gasteiger partial charge in [0, 0.05) is 19.3 Å². The Kier molecular flexibility index (Phi) is 7.70. The van der Waals surface area contributed by atoms with Crippen molar-refractivity contribution in [3.63, 3.8) is 0 Å². The predicted octanol–water partition coefficient (Wildman–Crippen LogP) is 3.79. The fourth-order valence-corrected chi connectivity index (χ4v) is 2.40. The maximum Gasteiger partial charge on any atom is 0.306 e. The van der Waals surface area contributed by atoms with Crippen molar-refractivity contribution in [2.75, 3.05) is 0 Å². The van der Waals surface area contributed by atoms with E-state index in [1.807, 2.05) is 6.92 Å². The number of carbonyl (C=O) groups excluding carboxylic acids is 2. The van der Waals surface area contributed by atoms with Crippen LogP contribution in [0.3, 0.4) is 0 Å². The van der Waals surface area contributed by atoms with Crippen LogP contribution < -0.4 is 0 Å². The van der Waals surface area contributed by atoms with Gasteiger partial charge in [-0.25, -0.2) is 0 Å². The largest absolute Gasteiger partial charge is 0.462 e. The van der Waals surface area contributed by atoms with E-state index >= 15 is 0 Å². The second kappa shape index (κ2) is 9.12. The minimum absolute atomic E-state index is 0.148. The first-order chi connectivity index (χ1) is 8.68. The highest BCUT2D eigenvalue weighted by molar-refractivity contribution is 5.79. The van der Waals surface area contributed by atoms with Crippen molar-refractivity contribution >= 4 is 11.8 Å². The van der Waals surface area contributed by atoms with Crippen LogP contribution >= 0.6 is 0 Å². The molecule has 104 valence electrons. The van der Waals surface area contributed by atoms with E-state index in [1.165, 1.54) is 25.7 Å². The molecule has 1 saturated heterocycles. The number of esters is 1. The van der Waals surface area contributed by atoms with Gasteiger partial charge in [-0.05, 0) is 19.8 Å². The molecule has 1 fully saturated rings. The SMILES string of the molecule is CC1CC(=O)CCCCCCCCCCC(=O)O1. The van der Waals surface area contributed by atoms with Gasteiger partial charge in [-0.1, -0.05) is 38.5 Å². The first-order valence-electron chi connectivity index (χ1n) is 7.39. The van der Waals surface area contributed by atoms with Gasteiger partial charge in [0.1, 0.15) is 11.9 Å². The summed E-state index contributed by atoms with van der Waals surface area (Å²) < 4.78 is 5.24. The van der Waals surface area contributed by atoms with E-state index in [2.05, 4.69) is 0 Å². The van der Waals surface area contributed by atoms with Crippen LogP contribution in [-0.2, 0) is 14.3 Å². The molecule has 3 nitrogen and oxygen atoms in total. The molecule has 1 rings (SSSR count). The number of Topliss-reactive ketones (excluding diaryl/α,β-unsaturated/α-hetero) is 1. The van der Waals surface area contributed by atoms with Gasteiger partial charge in [0.2, 0.25) is 0 Å². The van der Waals surface area contributed by atoms with Gasteiger partial charge in [-0.2, -0.15) is 0 Å². The molecule has 0 N–H and O–H groups in total. The summed E-state index contributed by atoms with van der Waals surface area (Å²) in [6.07, 6.45) is 10.4. The molecule has 1 aliphatic rings. The van der Waals surface area contributed by atoms with E-state index in [0.717, 1.165) is 25.7 Å². The Labute approximate surface area is 110 Å². The van der Waals surface area contributed by atoms with Crippen LogP contribution in [0.2, 0.25) is 0 Å². The van der Waals surface area contributed by atoms with E-state index in [0.29, 0.717) is 19.3 Å². The zero-order valence-electron chi connectivity index (χ0n) is 11.6. The first kappa shape index (κ1) is 15.2. The summed E-state index contributed by atoms with van der Waals surface area (Å²) in [6.45, 7) is 1.81. The highest BCUT2D eigenvalue weighted by Gasteiger charge is 2.13. The summed E-state index contributed by atoms with van der Waals surface area (Å²) in [6, 6.07) is 0. The van der Waals surface area contributed by atoms with Crippen LogP contribution in [0.25, 0.3) is 0 Å². The Morgan fingerprint density at radius 2 is 1.33 bits per heavy atom. The van der Waals surface area contributed by atoms with Crippen molar-refractivity contribution in [2.45, 2.75) is 83.7 Å². The second-order valence-corrected chi connectivity index (χ2v) is 5.37. The molecule has 0 spiro atoms. The lowest BCUT2D eigenvalue weighted by atomic mass is 10.0. The molecule has 1 atom stereocenters. The molecule has 1 unspecified atom stereocenters. The molecule has 0 aromatic heterocycles. The van der Waals surface area contributed by atoms with Gasteiger partial charge in [0.25, 0.3) is 0 Å². The monoisotopic (exact) mass is 254 g/mol. The third-order valence-corrected chi connectivity index (χ3v) is 3.43. The van der Waals surface area contributed by atoms with Crippen LogP contribution in [0.4, 0.5) is 0 Å². The lowest BCUT2D eigenvalue weighted by molar-refractivity contribution is -0.149. The maximum atomic E-state index is 11.6. The van der Waals surface area contributed by atoms with E-state index in [-0.39, 0.29) is 17.9 Å². The van der Waals surface area contributed by atoms with Crippen molar-refractivity contribution < 1.29 is 14.3 Å². The highest BCUT2D eigenvalue weighted by Crippen LogP contribution is 2.13. The van der Waals surface area contributed by atoms with Crippen LogP contribution in [0.15, 0.2) is 0 Å². The number of hydrogen-bond acceptors (Lipinski definition) is 3. The molecule has 0 radical (unpaired) electrons. The van der Waals surface area contributed by atoms with Gasteiger partial charge in [0.05, 0.1) is 0 Å². The summed E-state index contributed by atoms with van der Waals surface area (Å²) >= 11 is 0. The fraction of sp³-hybridized carbons (Fsp3) is 0.867. The fourth-order valence-electron chi connectivity index (χ4n) is 2.40. The summed E-state index contributed by atoms with van der Waals surface area (Å²) in [4.78, 5) is 23.2. The molecule has 0 saturated carbocycles. The van der Waals surface area contributed by atoms with Crippen LogP contribution in [0, 0.1) is 0 Å². The first-order valence-corrected chi connectivity index (χ1v) is 7.39. The lowest BCUT2D eigenvalue weighted by Crippen LogP contribution is -2.18. The average Bonchev–Trinajstić information content (AvgIpc) is 2.30. The molecule has 1 aliphatic heterocycles. The normalized spacial score (nSPS) is 25.9. The minimum atomic E-state index is -0.255. The number of hydrogen-bond donors (Lipinski definition) is 0. The van der Waals surface area contributed by atoms with E-state index in [9.17, 15) is 9.59 Å². The van der Waals surface area contributed by atoms with Crippen molar-refractivity contribution in [2.24, 2.45) is 0 Å². The van der Waals surface area contributed by atoms with E-state index in [4.69, 9.17) is 4.74 Å². The minimum Gasteiger partial charge on any atom is -0.462 e.